The fourth-order valence-electron chi connectivity index (χ4n) is 2.78. The molecular weight excluding hydrogens is 372 g/mol. The first-order chi connectivity index (χ1) is 14.9. The quantitative estimate of drug-likeness (QED) is 0.470. The Morgan fingerprint density at radius 1 is 0.667 bits per heavy atom. The molecule has 0 aliphatic rings. The Morgan fingerprint density at radius 3 is 1.63 bits per heavy atom. The summed E-state index contributed by atoms with van der Waals surface area (Å²) in [7, 11) is 0. The van der Waals surface area contributed by atoms with E-state index in [1.165, 1.54) is 0 Å². The third kappa shape index (κ3) is 5.16. The van der Waals surface area contributed by atoms with E-state index in [0.29, 0.717) is 11.5 Å². The lowest BCUT2D eigenvalue weighted by Gasteiger charge is -2.02. The predicted molar refractivity (Wildman–Crippen MR) is 119 cm³/mol. The van der Waals surface area contributed by atoms with Crippen LogP contribution in [-0.4, -0.2) is 23.2 Å². The number of benzene rings is 2. The van der Waals surface area contributed by atoms with E-state index in [1.54, 1.807) is 24.5 Å². The number of hydrogen-bond donors (Lipinski definition) is 0. The fraction of sp³-hybridized carbons (Fsp3) is 0.0769. The van der Waals surface area contributed by atoms with Crippen LogP contribution in [0.3, 0.4) is 0 Å². The first-order valence-electron chi connectivity index (χ1n) is 9.45. The summed E-state index contributed by atoms with van der Waals surface area (Å²) in [4.78, 5) is 8.71. The molecule has 2 heterocycles. The SMILES string of the molecule is C(#CCOc1cnc2ccccc2c1)/C=C\C#CCOc1cnc2ccccc2c1. The second-order valence-electron chi connectivity index (χ2n) is 6.28. The number of pyridine rings is 2. The minimum Gasteiger partial charge on any atom is -0.479 e. The van der Waals surface area contributed by atoms with Gasteiger partial charge in [0.15, 0.2) is 0 Å². The maximum atomic E-state index is 5.61. The third-order valence-corrected chi connectivity index (χ3v) is 4.21. The second-order valence-corrected chi connectivity index (χ2v) is 6.28. The lowest BCUT2D eigenvalue weighted by Crippen LogP contribution is -1.94. The van der Waals surface area contributed by atoms with E-state index >= 15 is 0 Å². The smallest absolute Gasteiger partial charge is 0.149 e. The van der Waals surface area contributed by atoms with E-state index in [1.807, 2.05) is 60.7 Å². The first-order valence-corrected chi connectivity index (χ1v) is 9.45. The molecule has 2 aromatic heterocycles. The minimum absolute atomic E-state index is 0.288. The lowest BCUT2D eigenvalue weighted by molar-refractivity contribution is 0.369. The molecule has 0 aliphatic carbocycles. The van der Waals surface area contributed by atoms with Gasteiger partial charge in [0.1, 0.15) is 24.7 Å². The second kappa shape index (κ2) is 9.78. The summed E-state index contributed by atoms with van der Waals surface area (Å²) in [6, 6.07) is 19.7. The van der Waals surface area contributed by atoms with Crippen LogP contribution in [0.15, 0.2) is 85.2 Å². The Balaban J connectivity index is 1.21. The van der Waals surface area contributed by atoms with Crippen LogP contribution in [0, 0.1) is 23.7 Å². The number of para-hydroxylation sites is 2. The molecule has 4 nitrogen and oxygen atoms in total. The predicted octanol–water partition coefficient (Wildman–Crippen LogP) is 4.80. The summed E-state index contributed by atoms with van der Waals surface area (Å²) in [5.41, 5.74) is 1.89. The topological polar surface area (TPSA) is 44.2 Å². The van der Waals surface area contributed by atoms with Crippen LogP contribution in [0.5, 0.6) is 11.5 Å². The number of ether oxygens (including phenoxy) is 2. The number of rotatable bonds is 4. The Bertz CT molecular complexity index is 1220. The molecule has 144 valence electrons. The Kier molecular flexibility index (Phi) is 6.21. The molecule has 4 rings (SSSR count). The molecule has 0 N–H and O–H groups in total. The molecule has 0 amide bonds. The molecule has 0 aliphatic heterocycles. The Morgan fingerprint density at radius 2 is 1.13 bits per heavy atom. The molecule has 4 aromatic rings. The molecule has 30 heavy (non-hydrogen) atoms. The van der Waals surface area contributed by atoms with Gasteiger partial charge < -0.3 is 9.47 Å². The van der Waals surface area contributed by atoms with Gasteiger partial charge in [0.05, 0.1) is 23.4 Å². The van der Waals surface area contributed by atoms with E-state index in [4.69, 9.17) is 9.47 Å². The van der Waals surface area contributed by atoms with Crippen LogP contribution in [-0.2, 0) is 0 Å². The summed E-state index contributed by atoms with van der Waals surface area (Å²) >= 11 is 0. The average molecular weight is 390 g/mol. The van der Waals surface area contributed by atoms with Crippen molar-refractivity contribution in [3.8, 4) is 35.2 Å². The maximum absolute atomic E-state index is 5.61. The highest BCUT2D eigenvalue weighted by Gasteiger charge is 1.97. The highest BCUT2D eigenvalue weighted by Crippen LogP contribution is 2.18. The van der Waals surface area contributed by atoms with Crippen LogP contribution < -0.4 is 9.47 Å². The van der Waals surface area contributed by atoms with Gasteiger partial charge in [0, 0.05) is 10.8 Å². The van der Waals surface area contributed by atoms with Crippen molar-refractivity contribution in [1.82, 2.24) is 9.97 Å². The van der Waals surface area contributed by atoms with Crippen LogP contribution >= 0.6 is 0 Å². The van der Waals surface area contributed by atoms with Crippen molar-refractivity contribution in [1.29, 1.82) is 0 Å². The monoisotopic (exact) mass is 390 g/mol. The van der Waals surface area contributed by atoms with Crippen molar-refractivity contribution in [3.05, 3.63) is 85.2 Å². The number of nitrogens with zero attached hydrogens (tertiary/aromatic N) is 2. The standard InChI is InChI=1S/C26H18N2O2/c1(3-9-15-29-23-17-21-11-5-7-13-25(21)27-19-23)2-4-10-16-30-24-18-22-12-6-8-14-26(22)28-20-24/h1-2,5-8,11-14,17-20H,15-16H2/b2-1-. The van der Waals surface area contributed by atoms with Crippen molar-refractivity contribution in [2.45, 2.75) is 0 Å². The summed E-state index contributed by atoms with van der Waals surface area (Å²) in [5, 5.41) is 2.08. The normalized spacial score (nSPS) is 10.3. The summed E-state index contributed by atoms with van der Waals surface area (Å²) < 4.78 is 11.2. The van der Waals surface area contributed by atoms with E-state index in [-0.39, 0.29) is 13.2 Å². The highest BCUT2D eigenvalue weighted by molar-refractivity contribution is 5.80. The molecule has 0 bridgehead atoms. The molecule has 0 saturated heterocycles. The van der Waals surface area contributed by atoms with E-state index in [9.17, 15) is 0 Å². The van der Waals surface area contributed by atoms with Gasteiger partial charge in [-0.05, 0) is 36.4 Å². The summed E-state index contributed by atoms with van der Waals surface area (Å²) in [5.74, 6) is 13.0. The van der Waals surface area contributed by atoms with Gasteiger partial charge in [0.25, 0.3) is 0 Å². The number of aromatic nitrogens is 2. The number of fused-ring (bicyclic) bond motifs is 2. The molecule has 0 fully saturated rings. The van der Waals surface area contributed by atoms with Gasteiger partial charge in [-0.2, -0.15) is 0 Å². The summed E-state index contributed by atoms with van der Waals surface area (Å²) in [6.07, 6.45) is 6.78. The van der Waals surface area contributed by atoms with Crippen LogP contribution in [0.25, 0.3) is 21.8 Å². The van der Waals surface area contributed by atoms with Gasteiger partial charge in [-0.1, -0.05) is 60.1 Å². The molecule has 2 aromatic carbocycles. The van der Waals surface area contributed by atoms with E-state index in [0.717, 1.165) is 21.8 Å². The fourth-order valence-corrected chi connectivity index (χ4v) is 2.78. The summed E-state index contributed by atoms with van der Waals surface area (Å²) in [6.45, 7) is 0.575. The molecule has 4 heteroatoms. The first kappa shape index (κ1) is 19.1. The number of allylic oxidation sites excluding steroid dienone is 2. The van der Waals surface area contributed by atoms with Gasteiger partial charge in [-0.3, -0.25) is 9.97 Å². The Labute approximate surface area is 175 Å². The van der Waals surface area contributed by atoms with Gasteiger partial charge in [0.2, 0.25) is 0 Å². The van der Waals surface area contributed by atoms with Gasteiger partial charge in [-0.25, -0.2) is 0 Å². The molecule has 0 spiro atoms. The van der Waals surface area contributed by atoms with Crippen molar-refractivity contribution in [2.75, 3.05) is 13.2 Å². The minimum atomic E-state index is 0.288. The van der Waals surface area contributed by atoms with Gasteiger partial charge >= 0.3 is 0 Å². The average Bonchev–Trinajstić information content (AvgIpc) is 2.80. The highest BCUT2D eigenvalue weighted by atomic mass is 16.5. The van der Waals surface area contributed by atoms with E-state index < -0.39 is 0 Å². The van der Waals surface area contributed by atoms with Crippen LogP contribution in [0.4, 0.5) is 0 Å². The van der Waals surface area contributed by atoms with E-state index in [2.05, 4.69) is 33.6 Å². The van der Waals surface area contributed by atoms with Crippen molar-refractivity contribution < 1.29 is 9.47 Å². The molecule has 0 unspecified atom stereocenters. The van der Waals surface area contributed by atoms with Crippen LogP contribution in [0.2, 0.25) is 0 Å². The molecule has 0 saturated carbocycles. The van der Waals surface area contributed by atoms with Crippen molar-refractivity contribution >= 4 is 21.8 Å². The zero-order valence-corrected chi connectivity index (χ0v) is 16.2. The molecule has 0 atom stereocenters. The lowest BCUT2D eigenvalue weighted by atomic mass is 10.2. The van der Waals surface area contributed by atoms with Crippen molar-refractivity contribution in [3.63, 3.8) is 0 Å². The van der Waals surface area contributed by atoms with Crippen LogP contribution in [0.1, 0.15) is 0 Å². The largest absolute Gasteiger partial charge is 0.479 e. The zero-order chi connectivity index (χ0) is 20.4. The Hall–Kier alpha value is -4.28. The molecule has 0 radical (unpaired) electrons. The zero-order valence-electron chi connectivity index (χ0n) is 16.2. The maximum Gasteiger partial charge on any atom is 0.149 e. The third-order valence-electron chi connectivity index (χ3n) is 4.21. The van der Waals surface area contributed by atoms with Gasteiger partial charge in [-0.15, -0.1) is 0 Å². The molecular formula is C26H18N2O2. The number of hydrogen-bond acceptors (Lipinski definition) is 4. The van der Waals surface area contributed by atoms with Crippen molar-refractivity contribution in [2.24, 2.45) is 0 Å².